The molecule has 0 bridgehead atoms. The first-order valence-corrected chi connectivity index (χ1v) is 6.81. The van der Waals surface area contributed by atoms with Crippen LogP contribution in [0.2, 0.25) is 0 Å². The second-order valence-corrected chi connectivity index (χ2v) is 5.17. The molecule has 2 aliphatic rings. The van der Waals surface area contributed by atoms with Gasteiger partial charge in [0.2, 0.25) is 0 Å². The predicted molar refractivity (Wildman–Crippen MR) is 77.2 cm³/mol. The Kier molecular flexibility index (Phi) is 4.83. The van der Waals surface area contributed by atoms with Gasteiger partial charge in [-0.3, -0.25) is 4.79 Å². The molecule has 0 radical (unpaired) electrons. The predicted octanol–water partition coefficient (Wildman–Crippen LogP) is 2.15. The Morgan fingerprint density at radius 2 is 2.11 bits per heavy atom. The van der Waals surface area contributed by atoms with Gasteiger partial charge in [0.25, 0.3) is 0 Å². The molecule has 1 saturated heterocycles. The molecular weight excluding hydrogens is 262 g/mol. The average molecular weight is 282 g/mol. The summed E-state index contributed by atoms with van der Waals surface area (Å²) in [6.07, 6.45) is 3.47. The van der Waals surface area contributed by atoms with Gasteiger partial charge < -0.3 is 10.1 Å². The lowest BCUT2D eigenvalue weighted by Crippen LogP contribution is -2.32. The number of ketones is 1. The molecule has 0 aliphatic carbocycles. The number of hydrogen-bond acceptors (Lipinski definition) is 3. The summed E-state index contributed by atoms with van der Waals surface area (Å²) < 4.78 is 5.65. The Morgan fingerprint density at radius 3 is 2.89 bits per heavy atom. The van der Waals surface area contributed by atoms with Crippen molar-refractivity contribution < 1.29 is 9.53 Å². The zero-order chi connectivity index (χ0) is 12.4. The van der Waals surface area contributed by atoms with Crippen LogP contribution < -0.4 is 10.1 Å². The fraction of sp³-hybridized carbons (Fsp3) is 0.533. The Hall–Kier alpha value is -1.06. The first-order valence-electron chi connectivity index (χ1n) is 6.81. The number of fused-ring (bicyclic) bond motifs is 1. The van der Waals surface area contributed by atoms with Gasteiger partial charge in [0.05, 0.1) is 6.61 Å². The Bertz CT molecular complexity index is 455. The molecule has 1 aromatic carbocycles. The summed E-state index contributed by atoms with van der Waals surface area (Å²) in [6.45, 7) is 2.70. The van der Waals surface area contributed by atoms with Crippen LogP contribution in [0.15, 0.2) is 18.2 Å². The molecule has 0 amide bonds. The van der Waals surface area contributed by atoms with Gasteiger partial charge in [-0.2, -0.15) is 0 Å². The van der Waals surface area contributed by atoms with Gasteiger partial charge in [-0.15, -0.1) is 12.4 Å². The first-order chi connectivity index (χ1) is 8.84. The van der Waals surface area contributed by atoms with Crippen molar-refractivity contribution >= 4 is 18.2 Å². The lowest BCUT2D eigenvalue weighted by Gasteiger charge is -2.21. The Balaban J connectivity index is 0.00000133. The van der Waals surface area contributed by atoms with E-state index in [4.69, 9.17) is 4.74 Å². The number of carbonyl (C=O) groups is 1. The number of Topliss-reactive ketones (excluding diaryl/α,β-unsaturated/α-hetero) is 1. The van der Waals surface area contributed by atoms with Crippen LogP contribution in [0.1, 0.15) is 24.0 Å². The minimum atomic E-state index is 0. The molecule has 1 N–H and O–H groups in total. The van der Waals surface area contributed by atoms with E-state index in [1.807, 2.05) is 12.1 Å². The van der Waals surface area contributed by atoms with E-state index in [-0.39, 0.29) is 18.3 Å². The summed E-state index contributed by atoms with van der Waals surface area (Å²) in [6, 6.07) is 6.17. The van der Waals surface area contributed by atoms with E-state index in [2.05, 4.69) is 11.4 Å². The first kappa shape index (κ1) is 14.4. The molecule has 0 unspecified atom stereocenters. The van der Waals surface area contributed by atoms with Crippen LogP contribution >= 0.6 is 12.4 Å². The van der Waals surface area contributed by atoms with E-state index in [1.54, 1.807) is 0 Å². The summed E-state index contributed by atoms with van der Waals surface area (Å²) in [7, 11) is 0. The molecule has 19 heavy (non-hydrogen) atoms. The van der Waals surface area contributed by atoms with Crippen molar-refractivity contribution in [3.8, 4) is 5.75 Å². The van der Waals surface area contributed by atoms with Crippen LogP contribution in [-0.2, 0) is 17.6 Å². The number of hydrogen-bond donors (Lipinski definition) is 1. The molecule has 0 saturated carbocycles. The standard InChI is InChI=1S/C15H19NO2.ClH/c17-14(11-4-7-16-8-5-11)10-13-3-1-2-12-6-9-18-15(12)13;/h1-3,11,16H,4-10H2;1H. The summed E-state index contributed by atoms with van der Waals surface area (Å²) in [5, 5.41) is 3.30. The minimum absolute atomic E-state index is 0. The van der Waals surface area contributed by atoms with Crippen molar-refractivity contribution in [2.45, 2.75) is 25.7 Å². The maximum atomic E-state index is 12.3. The van der Waals surface area contributed by atoms with E-state index in [0.717, 1.165) is 50.3 Å². The summed E-state index contributed by atoms with van der Waals surface area (Å²) in [5.74, 6) is 1.59. The lowest BCUT2D eigenvalue weighted by atomic mass is 9.89. The number of halogens is 1. The number of para-hydroxylation sites is 1. The van der Waals surface area contributed by atoms with Crippen LogP contribution in [-0.4, -0.2) is 25.5 Å². The molecule has 1 aromatic rings. The highest BCUT2D eigenvalue weighted by Crippen LogP contribution is 2.30. The normalized spacial score (nSPS) is 18.3. The second kappa shape index (κ2) is 6.40. The van der Waals surface area contributed by atoms with E-state index in [0.29, 0.717) is 12.2 Å². The number of carbonyl (C=O) groups excluding carboxylic acids is 1. The molecule has 104 valence electrons. The van der Waals surface area contributed by atoms with Crippen molar-refractivity contribution in [1.82, 2.24) is 5.32 Å². The quantitative estimate of drug-likeness (QED) is 0.923. The van der Waals surface area contributed by atoms with E-state index >= 15 is 0 Å². The summed E-state index contributed by atoms with van der Waals surface area (Å²) in [5.41, 5.74) is 2.33. The van der Waals surface area contributed by atoms with Crippen molar-refractivity contribution in [1.29, 1.82) is 0 Å². The van der Waals surface area contributed by atoms with Gasteiger partial charge >= 0.3 is 0 Å². The van der Waals surface area contributed by atoms with Gasteiger partial charge in [0.1, 0.15) is 11.5 Å². The van der Waals surface area contributed by atoms with E-state index < -0.39 is 0 Å². The van der Waals surface area contributed by atoms with Crippen molar-refractivity contribution in [3.63, 3.8) is 0 Å². The van der Waals surface area contributed by atoms with Gasteiger partial charge in [-0.1, -0.05) is 18.2 Å². The van der Waals surface area contributed by atoms with Crippen molar-refractivity contribution in [2.24, 2.45) is 5.92 Å². The smallest absolute Gasteiger partial charge is 0.140 e. The highest BCUT2D eigenvalue weighted by Gasteiger charge is 2.23. The zero-order valence-corrected chi connectivity index (χ0v) is 11.8. The third-order valence-corrected chi connectivity index (χ3v) is 3.96. The van der Waals surface area contributed by atoms with E-state index in [9.17, 15) is 4.79 Å². The largest absolute Gasteiger partial charge is 0.493 e. The third-order valence-electron chi connectivity index (χ3n) is 3.96. The fourth-order valence-corrected chi connectivity index (χ4v) is 2.90. The van der Waals surface area contributed by atoms with Crippen LogP contribution in [0.3, 0.4) is 0 Å². The SMILES string of the molecule is Cl.O=C(Cc1cccc2c1OCC2)C1CCNCC1. The highest BCUT2D eigenvalue weighted by atomic mass is 35.5. The Labute approximate surface area is 120 Å². The third kappa shape index (κ3) is 3.10. The summed E-state index contributed by atoms with van der Waals surface area (Å²) >= 11 is 0. The zero-order valence-electron chi connectivity index (χ0n) is 11.0. The number of ether oxygens (including phenoxy) is 1. The van der Waals surface area contributed by atoms with Gasteiger partial charge in [-0.25, -0.2) is 0 Å². The molecule has 1 fully saturated rings. The minimum Gasteiger partial charge on any atom is -0.493 e. The average Bonchev–Trinajstić information content (AvgIpc) is 2.89. The van der Waals surface area contributed by atoms with Crippen LogP contribution in [0, 0.1) is 5.92 Å². The Morgan fingerprint density at radius 1 is 1.32 bits per heavy atom. The van der Waals surface area contributed by atoms with Crippen LogP contribution in [0.25, 0.3) is 0 Å². The molecule has 2 heterocycles. The number of piperidine rings is 1. The number of rotatable bonds is 3. The molecule has 3 nitrogen and oxygen atoms in total. The van der Waals surface area contributed by atoms with Gasteiger partial charge in [0, 0.05) is 24.3 Å². The number of nitrogens with one attached hydrogen (secondary N) is 1. The van der Waals surface area contributed by atoms with Crippen molar-refractivity contribution in [2.75, 3.05) is 19.7 Å². The van der Waals surface area contributed by atoms with Crippen LogP contribution in [0.5, 0.6) is 5.75 Å². The molecule has 4 heteroatoms. The van der Waals surface area contributed by atoms with E-state index in [1.165, 1.54) is 5.56 Å². The lowest BCUT2D eigenvalue weighted by molar-refractivity contribution is -0.122. The molecule has 0 atom stereocenters. The number of benzene rings is 1. The maximum absolute atomic E-state index is 12.3. The molecule has 3 rings (SSSR count). The topological polar surface area (TPSA) is 38.3 Å². The fourth-order valence-electron chi connectivity index (χ4n) is 2.90. The monoisotopic (exact) mass is 281 g/mol. The molecule has 2 aliphatic heterocycles. The summed E-state index contributed by atoms with van der Waals surface area (Å²) in [4.78, 5) is 12.3. The highest BCUT2D eigenvalue weighted by molar-refractivity contribution is 5.85. The molecule has 0 aromatic heterocycles. The molecular formula is C15H20ClNO2. The van der Waals surface area contributed by atoms with Crippen LogP contribution in [0.4, 0.5) is 0 Å². The van der Waals surface area contributed by atoms with Gasteiger partial charge in [0.15, 0.2) is 0 Å². The molecule has 0 spiro atoms. The van der Waals surface area contributed by atoms with Crippen molar-refractivity contribution in [3.05, 3.63) is 29.3 Å². The second-order valence-electron chi connectivity index (χ2n) is 5.17. The van der Waals surface area contributed by atoms with Gasteiger partial charge in [-0.05, 0) is 31.5 Å². The maximum Gasteiger partial charge on any atom is 0.140 e.